The summed E-state index contributed by atoms with van der Waals surface area (Å²) in [5.74, 6) is 0.773. The molecule has 0 spiro atoms. The number of nitrogens with one attached hydrogen (secondary N) is 1. The van der Waals surface area contributed by atoms with E-state index in [0.29, 0.717) is 17.6 Å². The number of carbonyl (C=O) groups is 1. The topological polar surface area (TPSA) is 51.2 Å². The Morgan fingerprint density at radius 2 is 2.06 bits per heavy atom. The summed E-state index contributed by atoms with van der Waals surface area (Å²) in [5, 5.41) is 3.76. The van der Waals surface area contributed by atoms with Gasteiger partial charge in [0, 0.05) is 49.1 Å². The van der Waals surface area contributed by atoms with Crippen LogP contribution in [0.15, 0.2) is 52.6 Å². The highest BCUT2D eigenvalue weighted by atomic mass is 35.5. The molecule has 3 atom stereocenters. The molecule has 2 fully saturated rings. The van der Waals surface area contributed by atoms with Crippen LogP contribution in [0.3, 0.4) is 0 Å². The molecule has 1 aromatic carbocycles. The van der Waals surface area contributed by atoms with Gasteiger partial charge in [-0.3, -0.25) is 14.7 Å². The van der Waals surface area contributed by atoms with Gasteiger partial charge in [-0.05, 0) is 55.7 Å². The second-order valence-corrected chi connectivity index (χ2v) is 9.26. The number of nitrogens with zero attached hydrogens (tertiary/aromatic N) is 4. The van der Waals surface area contributed by atoms with Crippen LogP contribution in [0.1, 0.15) is 31.7 Å². The fourth-order valence-electron chi connectivity index (χ4n) is 5.20. The molecule has 3 unspecified atom stereocenters. The lowest BCUT2D eigenvalue weighted by atomic mass is 10.1. The molecule has 1 amide bonds. The molecule has 4 aliphatic rings. The molecule has 0 aromatic heterocycles. The summed E-state index contributed by atoms with van der Waals surface area (Å²) < 4.78 is 0. The predicted octanol–water partition coefficient (Wildman–Crippen LogP) is 3.10. The highest BCUT2D eigenvalue weighted by molar-refractivity contribution is 6.33. The number of rotatable bonds is 5. The van der Waals surface area contributed by atoms with Crippen molar-refractivity contribution in [3.63, 3.8) is 0 Å². The average Bonchev–Trinajstić information content (AvgIpc) is 3.41. The van der Waals surface area contributed by atoms with Crippen molar-refractivity contribution in [2.24, 2.45) is 4.99 Å². The minimum atomic E-state index is -0.320. The lowest BCUT2D eigenvalue weighted by Gasteiger charge is -2.38. The molecule has 31 heavy (non-hydrogen) atoms. The van der Waals surface area contributed by atoms with Crippen LogP contribution in [0.25, 0.3) is 0 Å². The Morgan fingerprint density at radius 3 is 2.87 bits per heavy atom. The maximum Gasteiger partial charge on any atom is 0.245 e. The van der Waals surface area contributed by atoms with Gasteiger partial charge < -0.3 is 15.1 Å². The number of piperazine rings is 1. The monoisotopic (exact) mass is 439 g/mol. The zero-order valence-corrected chi connectivity index (χ0v) is 18.8. The van der Waals surface area contributed by atoms with Crippen LogP contribution in [0.4, 0.5) is 5.69 Å². The van der Waals surface area contributed by atoms with E-state index < -0.39 is 0 Å². The van der Waals surface area contributed by atoms with Crippen molar-refractivity contribution in [2.45, 2.75) is 50.9 Å². The fraction of sp³-hybridized carbons (Fsp3) is 0.500. The van der Waals surface area contributed by atoms with E-state index in [1.165, 1.54) is 25.1 Å². The zero-order valence-electron chi connectivity index (χ0n) is 18.0. The SMILES string of the molecule is CCC1N=C2C=C(Cl)C=CN2C1C(=O)NCc1ccc(N2CCN3CCCC3C2)cc1. The number of benzene rings is 1. The van der Waals surface area contributed by atoms with Crippen LogP contribution in [-0.4, -0.2) is 65.8 Å². The molecular weight excluding hydrogens is 410 g/mol. The molecule has 6 nitrogen and oxygen atoms in total. The molecule has 5 rings (SSSR count). The van der Waals surface area contributed by atoms with Gasteiger partial charge in [0.25, 0.3) is 0 Å². The van der Waals surface area contributed by atoms with Gasteiger partial charge in [0.2, 0.25) is 5.91 Å². The van der Waals surface area contributed by atoms with Gasteiger partial charge in [-0.15, -0.1) is 0 Å². The first-order chi connectivity index (χ1) is 15.1. The van der Waals surface area contributed by atoms with Crippen molar-refractivity contribution in [2.75, 3.05) is 31.1 Å². The van der Waals surface area contributed by atoms with Crippen molar-refractivity contribution in [1.82, 2.24) is 15.1 Å². The number of hydrogen-bond donors (Lipinski definition) is 1. The number of amidine groups is 1. The number of halogens is 1. The van der Waals surface area contributed by atoms with Crippen LogP contribution in [-0.2, 0) is 11.3 Å². The molecule has 164 valence electrons. The summed E-state index contributed by atoms with van der Waals surface area (Å²) in [7, 11) is 0. The number of hydrogen-bond acceptors (Lipinski definition) is 5. The van der Waals surface area contributed by atoms with Gasteiger partial charge in [-0.25, -0.2) is 0 Å². The molecule has 0 bridgehead atoms. The highest BCUT2D eigenvalue weighted by Crippen LogP contribution is 2.27. The second kappa shape index (κ2) is 8.67. The quantitative estimate of drug-likeness (QED) is 0.766. The predicted molar refractivity (Wildman–Crippen MR) is 125 cm³/mol. The van der Waals surface area contributed by atoms with E-state index in [1.807, 2.05) is 23.3 Å². The van der Waals surface area contributed by atoms with Gasteiger partial charge >= 0.3 is 0 Å². The van der Waals surface area contributed by atoms with Gasteiger partial charge in [-0.1, -0.05) is 30.7 Å². The second-order valence-electron chi connectivity index (χ2n) is 8.82. The van der Waals surface area contributed by atoms with Crippen molar-refractivity contribution in [1.29, 1.82) is 0 Å². The molecule has 2 saturated heterocycles. The van der Waals surface area contributed by atoms with Crippen LogP contribution < -0.4 is 10.2 Å². The molecular formula is C24H30ClN5O. The van der Waals surface area contributed by atoms with Crippen molar-refractivity contribution >= 4 is 29.0 Å². The largest absolute Gasteiger partial charge is 0.369 e. The molecule has 4 heterocycles. The fourth-order valence-corrected chi connectivity index (χ4v) is 5.35. The number of anilines is 1. The highest BCUT2D eigenvalue weighted by Gasteiger charge is 2.39. The number of carbonyl (C=O) groups excluding carboxylic acids is 1. The number of fused-ring (bicyclic) bond motifs is 2. The van der Waals surface area contributed by atoms with Crippen LogP contribution in [0.5, 0.6) is 0 Å². The minimum absolute atomic E-state index is 0.00287. The summed E-state index contributed by atoms with van der Waals surface area (Å²) in [6.07, 6.45) is 8.95. The third kappa shape index (κ3) is 4.11. The Balaban J connectivity index is 1.18. The number of aliphatic imine (C=N–C) groups is 1. The first-order valence-electron chi connectivity index (χ1n) is 11.4. The molecule has 0 saturated carbocycles. The smallest absolute Gasteiger partial charge is 0.245 e. The van der Waals surface area contributed by atoms with E-state index in [4.69, 9.17) is 11.6 Å². The standard InChI is InChI=1S/C24H30ClN5O/c1-2-21-23(30-11-9-18(25)14-22(30)27-21)24(31)26-15-17-5-7-19(8-6-17)29-13-12-28-10-3-4-20(28)16-29/h5-9,11,14,20-21,23H,2-4,10,12-13,15-16H2,1H3,(H,26,31). The zero-order chi connectivity index (χ0) is 21.4. The summed E-state index contributed by atoms with van der Waals surface area (Å²) in [6, 6.07) is 8.98. The Labute approximate surface area is 189 Å². The third-order valence-corrected chi connectivity index (χ3v) is 7.17. The van der Waals surface area contributed by atoms with Gasteiger partial charge in [-0.2, -0.15) is 0 Å². The normalized spacial score (nSPS) is 27.6. The van der Waals surface area contributed by atoms with Crippen molar-refractivity contribution in [3.8, 4) is 0 Å². The Hall–Kier alpha value is -2.31. The lowest BCUT2D eigenvalue weighted by Crippen LogP contribution is -2.50. The first-order valence-corrected chi connectivity index (χ1v) is 11.8. The summed E-state index contributed by atoms with van der Waals surface area (Å²) in [6.45, 7) is 7.23. The minimum Gasteiger partial charge on any atom is -0.369 e. The molecule has 4 aliphatic heterocycles. The van der Waals surface area contributed by atoms with Crippen LogP contribution in [0, 0.1) is 0 Å². The molecule has 0 aliphatic carbocycles. The number of amides is 1. The van der Waals surface area contributed by atoms with Gasteiger partial charge in [0.05, 0.1) is 6.04 Å². The molecule has 1 N–H and O–H groups in total. The van der Waals surface area contributed by atoms with E-state index in [0.717, 1.165) is 37.5 Å². The summed E-state index contributed by atoms with van der Waals surface area (Å²) in [5.41, 5.74) is 2.39. The number of allylic oxidation sites excluding steroid dienone is 2. The maximum absolute atomic E-state index is 13.0. The van der Waals surface area contributed by atoms with E-state index in [9.17, 15) is 4.79 Å². The van der Waals surface area contributed by atoms with E-state index in [-0.39, 0.29) is 18.0 Å². The molecule has 1 aromatic rings. The summed E-state index contributed by atoms with van der Waals surface area (Å²) >= 11 is 6.10. The van der Waals surface area contributed by atoms with E-state index >= 15 is 0 Å². The Morgan fingerprint density at radius 1 is 1.23 bits per heavy atom. The van der Waals surface area contributed by atoms with Gasteiger partial charge in [0.1, 0.15) is 11.9 Å². The lowest BCUT2D eigenvalue weighted by molar-refractivity contribution is -0.124. The van der Waals surface area contributed by atoms with E-state index in [1.54, 1.807) is 0 Å². The average molecular weight is 440 g/mol. The molecule has 0 radical (unpaired) electrons. The van der Waals surface area contributed by atoms with Crippen LogP contribution in [0.2, 0.25) is 0 Å². The first kappa shape index (κ1) is 20.6. The molecule has 7 heteroatoms. The Kier molecular flexibility index (Phi) is 5.76. The van der Waals surface area contributed by atoms with E-state index in [2.05, 4.69) is 51.3 Å². The van der Waals surface area contributed by atoms with Crippen molar-refractivity contribution < 1.29 is 4.79 Å². The maximum atomic E-state index is 13.0. The van der Waals surface area contributed by atoms with Gasteiger partial charge in [0.15, 0.2) is 0 Å². The Bertz CT molecular complexity index is 924. The van der Waals surface area contributed by atoms with Crippen molar-refractivity contribution in [3.05, 3.63) is 53.2 Å². The van der Waals surface area contributed by atoms with Crippen LogP contribution >= 0.6 is 11.6 Å². The third-order valence-electron chi connectivity index (χ3n) is 6.93. The summed E-state index contributed by atoms with van der Waals surface area (Å²) in [4.78, 5) is 24.8.